The maximum absolute atomic E-state index is 11.9. The lowest BCUT2D eigenvalue weighted by Gasteiger charge is -2.15. The Bertz CT molecular complexity index is 207. The summed E-state index contributed by atoms with van der Waals surface area (Å²) in [6, 6.07) is 0. The Morgan fingerprint density at radius 3 is 1.53 bits per heavy atom. The molecule has 0 amide bonds. The normalized spacial score (nSPS) is 12.6. The summed E-state index contributed by atoms with van der Waals surface area (Å²) in [5.74, 6) is 1.34. The molecule has 104 valence electrons. The van der Waals surface area contributed by atoms with Crippen LogP contribution in [0.3, 0.4) is 0 Å². The number of rotatable bonds is 10. The highest BCUT2D eigenvalue weighted by atomic mass is 31.2. The highest BCUT2D eigenvalue weighted by Crippen LogP contribution is 2.44. The molecule has 17 heavy (non-hydrogen) atoms. The third-order valence-electron chi connectivity index (χ3n) is 2.50. The van der Waals surface area contributed by atoms with Gasteiger partial charge in [-0.1, -0.05) is 27.7 Å². The molecule has 0 heterocycles. The molecule has 0 aromatic rings. The summed E-state index contributed by atoms with van der Waals surface area (Å²) < 4.78 is 22.5. The predicted octanol–water partition coefficient (Wildman–Crippen LogP) is 4.71. The van der Waals surface area contributed by atoms with Gasteiger partial charge in [-0.15, -0.1) is 0 Å². The van der Waals surface area contributed by atoms with Crippen molar-refractivity contribution in [2.24, 2.45) is 11.8 Å². The molecule has 0 aromatic heterocycles. The molecular formula is C13H29O3P. The molecule has 0 N–H and O–H groups in total. The van der Waals surface area contributed by atoms with Gasteiger partial charge in [-0.3, -0.25) is 4.57 Å². The molecular weight excluding hydrogens is 235 g/mol. The fourth-order valence-electron chi connectivity index (χ4n) is 1.48. The molecule has 0 aliphatic carbocycles. The van der Waals surface area contributed by atoms with Gasteiger partial charge < -0.3 is 9.05 Å². The van der Waals surface area contributed by atoms with Crippen molar-refractivity contribution in [1.82, 2.24) is 0 Å². The van der Waals surface area contributed by atoms with Crippen molar-refractivity contribution < 1.29 is 13.6 Å². The van der Waals surface area contributed by atoms with Crippen LogP contribution in [0.5, 0.6) is 0 Å². The molecule has 0 aliphatic heterocycles. The first kappa shape index (κ1) is 17.2. The van der Waals surface area contributed by atoms with Gasteiger partial charge in [0.05, 0.1) is 13.2 Å². The number of hydrogen-bond donors (Lipinski definition) is 0. The molecule has 0 rings (SSSR count). The van der Waals surface area contributed by atoms with Gasteiger partial charge >= 0.3 is 7.60 Å². The van der Waals surface area contributed by atoms with Crippen LogP contribution < -0.4 is 0 Å². The van der Waals surface area contributed by atoms with E-state index in [9.17, 15) is 4.57 Å². The summed E-state index contributed by atoms with van der Waals surface area (Å²) in [7, 11) is -2.81. The summed E-state index contributed by atoms with van der Waals surface area (Å²) in [5.41, 5.74) is 0. The van der Waals surface area contributed by atoms with E-state index in [0.717, 1.165) is 25.7 Å². The largest absolute Gasteiger partial charge is 0.327 e. The zero-order valence-corrected chi connectivity index (χ0v) is 13.0. The van der Waals surface area contributed by atoms with Crippen molar-refractivity contribution in [2.75, 3.05) is 19.9 Å². The van der Waals surface area contributed by atoms with Crippen LogP contribution in [0.2, 0.25) is 0 Å². The lowest BCUT2D eigenvalue weighted by atomic mass is 10.1. The zero-order chi connectivity index (χ0) is 13.3. The Balaban J connectivity index is 3.55. The van der Waals surface area contributed by atoms with Gasteiger partial charge in [0.1, 0.15) is 0 Å². The van der Waals surface area contributed by atoms with Crippen LogP contribution in [0.25, 0.3) is 0 Å². The minimum Gasteiger partial charge on any atom is -0.309 e. The first-order chi connectivity index (χ1) is 7.83. The summed E-state index contributed by atoms with van der Waals surface area (Å²) in [6.07, 6.45) is 4.11. The second kappa shape index (κ2) is 9.13. The minimum absolute atomic E-state index is 0.538. The van der Waals surface area contributed by atoms with Crippen molar-refractivity contribution in [3.05, 3.63) is 0 Å². The first-order valence-electron chi connectivity index (χ1n) is 6.70. The average molecular weight is 264 g/mol. The van der Waals surface area contributed by atoms with E-state index in [1.807, 2.05) is 0 Å². The van der Waals surface area contributed by atoms with Crippen LogP contribution in [0, 0.1) is 11.8 Å². The van der Waals surface area contributed by atoms with Crippen molar-refractivity contribution >= 4 is 7.60 Å². The summed E-state index contributed by atoms with van der Waals surface area (Å²) in [4.78, 5) is 0. The maximum Gasteiger partial charge on any atom is 0.327 e. The van der Waals surface area contributed by atoms with Crippen LogP contribution in [-0.4, -0.2) is 19.9 Å². The Kier molecular flexibility index (Phi) is 9.21. The van der Waals surface area contributed by atoms with Gasteiger partial charge in [-0.05, 0) is 37.5 Å². The summed E-state index contributed by atoms with van der Waals surface area (Å²) >= 11 is 0. The number of hydrogen-bond acceptors (Lipinski definition) is 3. The van der Waals surface area contributed by atoms with Crippen molar-refractivity contribution in [2.45, 2.75) is 53.4 Å². The monoisotopic (exact) mass is 264 g/mol. The maximum atomic E-state index is 11.9. The van der Waals surface area contributed by atoms with Crippen LogP contribution in [0.1, 0.15) is 53.4 Å². The van der Waals surface area contributed by atoms with Gasteiger partial charge in [-0.2, -0.15) is 0 Å². The smallest absolute Gasteiger partial charge is 0.309 e. The highest BCUT2D eigenvalue weighted by Gasteiger charge is 2.16. The molecule has 0 saturated carbocycles. The second-order valence-electron chi connectivity index (χ2n) is 5.51. The van der Waals surface area contributed by atoms with E-state index in [0.29, 0.717) is 25.0 Å². The highest BCUT2D eigenvalue weighted by molar-refractivity contribution is 7.52. The Hall–Kier alpha value is 0.150. The Morgan fingerprint density at radius 1 is 0.882 bits per heavy atom. The van der Waals surface area contributed by atoms with Gasteiger partial charge in [0.25, 0.3) is 0 Å². The van der Waals surface area contributed by atoms with Gasteiger partial charge in [-0.25, -0.2) is 0 Å². The van der Waals surface area contributed by atoms with E-state index in [4.69, 9.17) is 9.05 Å². The van der Waals surface area contributed by atoms with E-state index >= 15 is 0 Å². The third-order valence-corrected chi connectivity index (χ3v) is 3.81. The fourth-order valence-corrected chi connectivity index (χ4v) is 2.48. The fraction of sp³-hybridized carbons (Fsp3) is 1.00. The predicted molar refractivity (Wildman–Crippen MR) is 73.6 cm³/mol. The topological polar surface area (TPSA) is 35.5 Å². The van der Waals surface area contributed by atoms with E-state index in [1.54, 1.807) is 6.66 Å². The average Bonchev–Trinajstić information content (AvgIpc) is 2.19. The molecule has 0 atom stereocenters. The molecule has 0 spiro atoms. The van der Waals surface area contributed by atoms with E-state index in [2.05, 4.69) is 27.7 Å². The Morgan fingerprint density at radius 2 is 1.24 bits per heavy atom. The van der Waals surface area contributed by atoms with Crippen LogP contribution in [0.15, 0.2) is 0 Å². The molecule has 0 fully saturated rings. The molecule has 0 unspecified atom stereocenters. The minimum atomic E-state index is -2.81. The molecule has 0 saturated heterocycles. The van der Waals surface area contributed by atoms with E-state index in [1.165, 1.54) is 0 Å². The summed E-state index contributed by atoms with van der Waals surface area (Å²) in [5, 5.41) is 0. The second-order valence-corrected chi connectivity index (χ2v) is 7.57. The molecule has 0 radical (unpaired) electrons. The van der Waals surface area contributed by atoms with Gasteiger partial charge in [0.15, 0.2) is 0 Å². The van der Waals surface area contributed by atoms with Crippen molar-refractivity contribution in [1.29, 1.82) is 0 Å². The molecule has 3 nitrogen and oxygen atoms in total. The van der Waals surface area contributed by atoms with E-state index in [-0.39, 0.29) is 0 Å². The summed E-state index contributed by atoms with van der Waals surface area (Å²) in [6.45, 7) is 11.3. The van der Waals surface area contributed by atoms with Crippen LogP contribution in [-0.2, 0) is 13.6 Å². The SMILES string of the molecule is CC(C)CCCOP(C)(=O)OCCCC(C)C. The van der Waals surface area contributed by atoms with E-state index < -0.39 is 7.60 Å². The van der Waals surface area contributed by atoms with Gasteiger partial charge in [0, 0.05) is 6.66 Å². The van der Waals surface area contributed by atoms with Crippen molar-refractivity contribution in [3.8, 4) is 0 Å². The standard InChI is InChI=1S/C13H29O3P/c1-12(2)8-6-10-15-17(5,14)16-11-7-9-13(3)4/h12-13H,6-11H2,1-5H3. The molecule has 0 aromatic carbocycles. The zero-order valence-electron chi connectivity index (χ0n) is 12.1. The first-order valence-corrected chi connectivity index (χ1v) is 8.69. The third kappa shape index (κ3) is 12.4. The van der Waals surface area contributed by atoms with Gasteiger partial charge in [0.2, 0.25) is 0 Å². The molecule has 0 bridgehead atoms. The van der Waals surface area contributed by atoms with Crippen LogP contribution >= 0.6 is 7.60 Å². The lowest BCUT2D eigenvalue weighted by Crippen LogP contribution is -2.00. The molecule has 0 aliphatic rings. The van der Waals surface area contributed by atoms with Crippen molar-refractivity contribution in [3.63, 3.8) is 0 Å². The van der Waals surface area contributed by atoms with Crippen LogP contribution in [0.4, 0.5) is 0 Å². The molecule has 4 heteroatoms. The lowest BCUT2D eigenvalue weighted by molar-refractivity contribution is 0.199. The Labute approximate surface area is 107 Å². The quantitative estimate of drug-likeness (QED) is 0.423.